The quantitative estimate of drug-likeness (QED) is 0.755. The topological polar surface area (TPSA) is 63.7 Å². The van der Waals surface area contributed by atoms with Crippen molar-refractivity contribution in [3.63, 3.8) is 0 Å². The average Bonchev–Trinajstić information content (AvgIpc) is 2.46. The molecule has 1 aliphatic rings. The van der Waals surface area contributed by atoms with Crippen LogP contribution in [-0.2, 0) is 14.6 Å². The van der Waals surface area contributed by atoms with E-state index in [-0.39, 0.29) is 11.4 Å². The Balaban J connectivity index is 2.14. The van der Waals surface area contributed by atoms with Gasteiger partial charge in [0.15, 0.2) is 9.84 Å². The van der Waals surface area contributed by atoms with Gasteiger partial charge in [0.25, 0.3) is 0 Å². The van der Waals surface area contributed by atoms with Gasteiger partial charge >= 0.3 is 6.09 Å². The molecule has 1 amide bonds. The number of ether oxygens (including phenoxy) is 1. The van der Waals surface area contributed by atoms with Gasteiger partial charge in [-0.2, -0.15) is 0 Å². The van der Waals surface area contributed by atoms with E-state index in [0.29, 0.717) is 19.4 Å². The van der Waals surface area contributed by atoms with Crippen molar-refractivity contribution in [1.29, 1.82) is 0 Å². The number of rotatable bonds is 2. The Labute approximate surface area is 146 Å². The molecule has 23 heavy (non-hydrogen) atoms. The molecule has 1 atom stereocenters. The lowest BCUT2D eigenvalue weighted by molar-refractivity contribution is 0.0219. The number of benzene rings is 1. The van der Waals surface area contributed by atoms with E-state index in [2.05, 4.69) is 15.9 Å². The summed E-state index contributed by atoms with van der Waals surface area (Å²) in [4.78, 5) is 14.0. The van der Waals surface area contributed by atoms with Crippen molar-refractivity contribution in [3.8, 4) is 0 Å². The van der Waals surface area contributed by atoms with E-state index >= 15 is 0 Å². The SMILES string of the molecule is CC(C)(C)OC(=O)N1CCC[C@@H](S(=O)(=O)c2ccc(Br)cc2)C1. The number of hydrogen-bond acceptors (Lipinski definition) is 4. The van der Waals surface area contributed by atoms with Gasteiger partial charge < -0.3 is 9.64 Å². The largest absolute Gasteiger partial charge is 0.444 e. The summed E-state index contributed by atoms with van der Waals surface area (Å²) in [6.07, 6.45) is 0.755. The van der Waals surface area contributed by atoms with E-state index in [9.17, 15) is 13.2 Å². The highest BCUT2D eigenvalue weighted by Crippen LogP contribution is 2.26. The summed E-state index contributed by atoms with van der Waals surface area (Å²) < 4.78 is 31.7. The summed E-state index contributed by atoms with van der Waals surface area (Å²) in [6, 6.07) is 6.60. The van der Waals surface area contributed by atoms with Crippen LogP contribution in [0.3, 0.4) is 0 Å². The molecule has 0 aliphatic carbocycles. The van der Waals surface area contributed by atoms with Gasteiger partial charge in [-0.05, 0) is 57.9 Å². The zero-order valence-electron chi connectivity index (χ0n) is 13.6. The average molecular weight is 404 g/mol. The molecule has 0 aromatic heterocycles. The fourth-order valence-corrected chi connectivity index (χ4v) is 4.52. The van der Waals surface area contributed by atoms with Gasteiger partial charge in [-0.3, -0.25) is 0 Å². The molecular formula is C16H22BrNO4S. The summed E-state index contributed by atoms with van der Waals surface area (Å²) in [5.74, 6) is 0. The number of hydrogen-bond donors (Lipinski definition) is 0. The molecule has 2 rings (SSSR count). The number of amides is 1. The van der Waals surface area contributed by atoms with E-state index in [4.69, 9.17) is 4.74 Å². The second-order valence-corrected chi connectivity index (χ2v) is 9.83. The second kappa shape index (κ2) is 6.81. The molecule has 1 saturated heterocycles. The molecule has 5 nitrogen and oxygen atoms in total. The van der Waals surface area contributed by atoms with Crippen molar-refractivity contribution in [1.82, 2.24) is 4.90 Å². The van der Waals surface area contributed by atoms with E-state index in [1.54, 1.807) is 45.0 Å². The number of sulfone groups is 1. The minimum Gasteiger partial charge on any atom is -0.444 e. The van der Waals surface area contributed by atoms with Crippen LogP contribution in [-0.4, -0.2) is 43.4 Å². The van der Waals surface area contributed by atoms with Gasteiger partial charge in [0.2, 0.25) is 0 Å². The molecule has 0 unspecified atom stereocenters. The van der Waals surface area contributed by atoms with Crippen molar-refractivity contribution in [3.05, 3.63) is 28.7 Å². The number of piperidine rings is 1. The predicted molar refractivity (Wildman–Crippen MR) is 92.2 cm³/mol. The maximum Gasteiger partial charge on any atom is 0.410 e. The summed E-state index contributed by atoms with van der Waals surface area (Å²) in [5.41, 5.74) is -0.589. The molecular weight excluding hydrogens is 382 g/mol. The number of carbonyl (C=O) groups is 1. The molecule has 0 radical (unpaired) electrons. The molecule has 0 bridgehead atoms. The number of nitrogens with zero attached hydrogens (tertiary/aromatic N) is 1. The first-order valence-corrected chi connectivity index (χ1v) is 9.91. The third kappa shape index (κ3) is 4.70. The van der Waals surface area contributed by atoms with E-state index < -0.39 is 26.8 Å². The fraction of sp³-hybridized carbons (Fsp3) is 0.562. The Bertz CT molecular complexity index is 664. The Morgan fingerprint density at radius 2 is 1.87 bits per heavy atom. The molecule has 1 aromatic rings. The maximum absolute atomic E-state index is 12.8. The summed E-state index contributed by atoms with van der Waals surface area (Å²) >= 11 is 3.30. The standard InChI is InChI=1S/C16H22BrNO4S/c1-16(2,3)22-15(19)18-10-4-5-14(11-18)23(20,21)13-8-6-12(17)7-9-13/h6-9,14H,4-5,10-11H2,1-3H3/t14-/m1/s1. The second-order valence-electron chi connectivity index (χ2n) is 6.69. The van der Waals surface area contributed by atoms with Crippen LogP contribution < -0.4 is 0 Å². The molecule has 128 valence electrons. The van der Waals surface area contributed by atoms with Crippen LogP contribution >= 0.6 is 15.9 Å². The summed E-state index contributed by atoms with van der Waals surface area (Å²) in [5, 5.41) is -0.593. The first-order chi connectivity index (χ1) is 10.6. The summed E-state index contributed by atoms with van der Waals surface area (Å²) in [7, 11) is -3.46. The Morgan fingerprint density at radius 3 is 2.43 bits per heavy atom. The van der Waals surface area contributed by atoms with Gasteiger partial charge in [-0.1, -0.05) is 15.9 Å². The normalized spacial score (nSPS) is 19.5. The van der Waals surface area contributed by atoms with Crippen LogP contribution in [0.2, 0.25) is 0 Å². The Hall–Kier alpha value is -1.08. The molecule has 0 N–H and O–H groups in total. The monoisotopic (exact) mass is 403 g/mol. The highest BCUT2D eigenvalue weighted by molar-refractivity contribution is 9.10. The highest BCUT2D eigenvalue weighted by Gasteiger charge is 2.35. The molecule has 0 saturated carbocycles. The highest BCUT2D eigenvalue weighted by atomic mass is 79.9. The van der Waals surface area contributed by atoms with E-state index in [0.717, 1.165) is 4.47 Å². The lowest BCUT2D eigenvalue weighted by atomic mass is 10.1. The van der Waals surface area contributed by atoms with Crippen LogP contribution in [0.5, 0.6) is 0 Å². The zero-order chi connectivity index (χ0) is 17.3. The smallest absolute Gasteiger partial charge is 0.410 e. The first kappa shape index (κ1) is 18.3. The van der Waals surface area contributed by atoms with Crippen LogP contribution in [0.25, 0.3) is 0 Å². The Morgan fingerprint density at radius 1 is 1.26 bits per heavy atom. The molecule has 1 aliphatic heterocycles. The molecule has 1 fully saturated rings. The van der Waals surface area contributed by atoms with Crippen molar-refractivity contribution >= 4 is 31.9 Å². The van der Waals surface area contributed by atoms with E-state index in [1.807, 2.05) is 0 Å². The van der Waals surface area contributed by atoms with Crippen LogP contribution in [0.15, 0.2) is 33.6 Å². The molecule has 1 heterocycles. The Kier molecular flexibility index (Phi) is 5.41. The van der Waals surface area contributed by atoms with Gasteiger partial charge in [0, 0.05) is 17.6 Å². The minimum atomic E-state index is -3.46. The molecule has 0 spiro atoms. The van der Waals surface area contributed by atoms with Crippen LogP contribution in [0.1, 0.15) is 33.6 Å². The van der Waals surface area contributed by atoms with Gasteiger partial charge in [-0.25, -0.2) is 13.2 Å². The molecule has 7 heteroatoms. The van der Waals surface area contributed by atoms with Crippen molar-refractivity contribution in [2.75, 3.05) is 13.1 Å². The third-order valence-corrected chi connectivity index (χ3v) is 6.33. The minimum absolute atomic E-state index is 0.174. The van der Waals surface area contributed by atoms with Crippen molar-refractivity contribution in [2.24, 2.45) is 0 Å². The van der Waals surface area contributed by atoms with Crippen LogP contribution in [0.4, 0.5) is 4.79 Å². The number of halogens is 1. The van der Waals surface area contributed by atoms with E-state index in [1.165, 1.54) is 4.90 Å². The fourth-order valence-electron chi connectivity index (χ4n) is 2.50. The number of carbonyl (C=O) groups excluding carboxylic acids is 1. The first-order valence-electron chi connectivity index (χ1n) is 7.57. The number of likely N-dealkylation sites (tertiary alicyclic amines) is 1. The lowest BCUT2D eigenvalue weighted by Gasteiger charge is -2.33. The maximum atomic E-state index is 12.8. The van der Waals surface area contributed by atoms with Crippen molar-refractivity contribution in [2.45, 2.75) is 49.4 Å². The van der Waals surface area contributed by atoms with Gasteiger partial charge in [-0.15, -0.1) is 0 Å². The molecule has 1 aromatic carbocycles. The lowest BCUT2D eigenvalue weighted by Crippen LogP contribution is -2.47. The van der Waals surface area contributed by atoms with Crippen molar-refractivity contribution < 1.29 is 17.9 Å². The third-order valence-electron chi connectivity index (χ3n) is 3.61. The van der Waals surface area contributed by atoms with Gasteiger partial charge in [0.1, 0.15) is 5.60 Å². The van der Waals surface area contributed by atoms with Gasteiger partial charge in [0.05, 0.1) is 10.1 Å². The summed E-state index contributed by atoms with van der Waals surface area (Å²) in [6.45, 7) is 6.09. The van der Waals surface area contributed by atoms with Crippen LogP contribution in [0, 0.1) is 0 Å². The predicted octanol–water partition coefficient (Wildman–Crippen LogP) is 3.62. The zero-order valence-corrected chi connectivity index (χ0v) is 16.0.